The molecule has 1 aromatic rings. The first-order valence-electron chi connectivity index (χ1n) is 7.93. The number of ether oxygens (including phenoxy) is 1. The van der Waals surface area contributed by atoms with Gasteiger partial charge < -0.3 is 15.8 Å². The van der Waals surface area contributed by atoms with Gasteiger partial charge in [0.05, 0.1) is 17.8 Å². The molecule has 2 rings (SSSR count). The summed E-state index contributed by atoms with van der Waals surface area (Å²) in [6.45, 7) is 0. The van der Waals surface area contributed by atoms with E-state index in [2.05, 4.69) is 5.32 Å². The maximum Gasteiger partial charge on any atom is 0.311 e. The fourth-order valence-corrected chi connectivity index (χ4v) is 3.55. The predicted molar refractivity (Wildman–Crippen MR) is 101 cm³/mol. The average molecular weight is 390 g/mol. The summed E-state index contributed by atoms with van der Waals surface area (Å²) in [6.07, 6.45) is 3.77. The van der Waals surface area contributed by atoms with E-state index in [1.165, 1.54) is 24.9 Å². The normalized spacial score (nSPS) is 19.6. The molecule has 0 unspecified atom stereocenters. The fraction of sp³-hybridized carbons (Fsp3) is 0.562. The van der Waals surface area contributed by atoms with Gasteiger partial charge in [-0.15, -0.1) is 24.2 Å². The SMILES string of the molecule is COc1ccc(CSCC(=O)NC2CCC(N)CC2)cc1[N+](=O)[O-].Cl. The van der Waals surface area contributed by atoms with Crippen molar-refractivity contribution in [3.63, 3.8) is 0 Å². The molecule has 0 heterocycles. The van der Waals surface area contributed by atoms with Gasteiger partial charge in [0.15, 0.2) is 5.75 Å². The number of amides is 1. The van der Waals surface area contributed by atoms with Gasteiger partial charge in [0, 0.05) is 23.9 Å². The molecule has 1 amide bonds. The zero-order valence-electron chi connectivity index (χ0n) is 14.1. The Kier molecular flexibility index (Phi) is 9.02. The summed E-state index contributed by atoms with van der Waals surface area (Å²) in [6, 6.07) is 5.34. The number of thioether (sulfide) groups is 1. The molecule has 1 aliphatic rings. The number of methoxy groups -OCH3 is 1. The Morgan fingerprint density at radius 2 is 2.08 bits per heavy atom. The molecule has 1 aromatic carbocycles. The van der Waals surface area contributed by atoms with Crippen molar-refractivity contribution in [3.05, 3.63) is 33.9 Å². The second-order valence-electron chi connectivity index (χ2n) is 5.94. The van der Waals surface area contributed by atoms with Gasteiger partial charge in [-0.3, -0.25) is 14.9 Å². The zero-order chi connectivity index (χ0) is 17.5. The van der Waals surface area contributed by atoms with Crippen LogP contribution in [0.15, 0.2) is 18.2 Å². The first-order valence-corrected chi connectivity index (χ1v) is 9.09. The molecule has 3 N–H and O–H groups in total. The van der Waals surface area contributed by atoms with Gasteiger partial charge in [-0.05, 0) is 37.3 Å². The van der Waals surface area contributed by atoms with Crippen LogP contribution in [-0.4, -0.2) is 35.8 Å². The molecule has 9 heteroatoms. The molecule has 140 valence electrons. The van der Waals surface area contributed by atoms with Gasteiger partial charge in [-0.1, -0.05) is 6.07 Å². The second kappa shape index (κ2) is 10.5. The van der Waals surface area contributed by atoms with Crippen LogP contribution in [0.3, 0.4) is 0 Å². The molecular formula is C16H24ClN3O4S. The van der Waals surface area contributed by atoms with E-state index in [-0.39, 0.29) is 41.8 Å². The number of hydrogen-bond donors (Lipinski definition) is 2. The van der Waals surface area contributed by atoms with Crippen LogP contribution in [0.1, 0.15) is 31.2 Å². The lowest BCUT2D eigenvalue weighted by molar-refractivity contribution is -0.385. The molecule has 0 saturated heterocycles. The maximum absolute atomic E-state index is 12.0. The summed E-state index contributed by atoms with van der Waals surface area (Å²) in [4.78, 5) is 22.5. The zero-order valence-corrected chi connectivity index (χ0v) is 15.7. The van der Waals surface area contributed by atoms with E-state index in [0.29, 0.717) is 11.5 Å². The average Bonchev–Trinajstić information content (AvgIpc) is 2.56. The van der Waals surface area contributed by atoms with Crippen molar-refractivity contribution >= 4 is 35.8 Å². The molecule has 0 spiro atoms. The van der Waals surface area contributed by atoms with Crippen LogP contribution >= 0.6 is 24.2 Å². The van der Waals surface area contributed by atoms with Crippen molar-refractivity contribution in [3.8, 4) is 5.75 Å². The van der Waals surface area contributed by atoms with E-state index in [1.807, 2.05) is 0 Å². The van der Waals surface area contributed by atoms with Crippen LogP contribution in [-0.2, 0) is 10.5 Å². The number of carbonyl (C=O) groups excluding carboxylic acids is 1. The minimum atomic E-state index is -0.465. The smallest absolute Gasteiger partial charge is 0.311 e. The Balaban J connectivity index is 0.00000312. The van der Waals surface area contributed by atoms with E-state index in [1.54, 1.807) is 12.1 Å². The summed E-state index contributed by atoms with van der Waals surface area (Å²) >= 11 is 1.44. The third kappa shape index (κ3) is 6.72. The van der Waals surface area contributed by atoms with Gasteiger partial charge in [-0.2, -0.15) is 0 Å². The molecule has 0 aromatic heterocycles. The largest absolute Gasteiger partial charge is 0.490 e. The lowest BCUT2D eigenvalue weighted by atomic mass is 9.92. The monoisotopic (exact) mass is 389 g/mol. The Morgan fingerprint density at radius 3 is 2.68 bits per heavy atom. The Bertz CT molecular complexity index is 595. The molecular weight excluding hydrogens is 366 g/mol. The molecule has 0 radical (unpaired) electrons. The fourth-order valence-electron chi connectivity index (χ4n) is 2.76. The number of halogens is 1. The molecule has 0 atom stereocenters. The summed E-state index contributed by atoms with van der Waals surface area (Å²) in [5.41, 5.74) is 6.59. The minimum Gasteiger partial charge on any atom is -0.490 e. The van der Waals surface area contributed by atoms with E-state index in [9.17, 15) is 14.9 Å². The van der Waals surface area contributed by atoms with Crippen molar-refractivity contribution in [1.29, 1.82) is 0 Å². The predicted octanol–water partition coefficient (Wildman–Crippen LogP) is 2.64. The topological polar surface area (TPSA) is 107 Å². The van der Waals surface area contributed by atoms with E-state index in [0.717, 1.165) is 31.2 Å². The number of nitro benzene ring substituents is 1. The first kappa shape index (κ1) is 21.5. The molecule has 0 bridgehead atoms. The number of hydrogen-bond acceptors (Lipinski definition) is 6. The molecule has 7 nitrogen and oxygen atoms in total. The van der Waals surface area contributed by atoms with Crippen molar-refractivity contribution in [2.75, 3.05) is 12.9 Å². The van der Waals surface area contributed by atoms with Crippen molar-refractivity contribution < 1.29 is 14.5 Å². The van der Waals surface area contributed by atoms with Crippen molar-refractivity contribution in [2.24, 2.45) is 5.73 Å². The van der Waals surface area contributed by atoms with Crippen LogP contribution in [0.4, 0.5) is 5.69 Å². The van der Waals surface area contributed by atoms with Gasteiger partial charge in [0.2, 0.25) is 5.91 Å². The van der Waals surface area contributed by atoms with Crippen molar-refractivity contribution in [1.82, 2.24) is 5.32 Å². The standard InChI is InChI=1S/C16H23N3O4S.ClH/c1-23-15-7-2-11(8-14(15)19(21)22)9-24-10-16(20)18-13-5-3-12(17)4-6-13;/h2,7-8,12-13H,3-6,9-10,17H2,1H3,(H,18,20);1H. The van der Waals surface area contributed by atoms with Crippen LogP contribution in [0.5, 0.6) is 5.75 Å². The summed E-state index contributed by atoms with van der Waals surface area (Å²) in [5.74, 6) is 1.11. The summed E-state index contributed by atoms with van der Waals surface area (Å²) < 4.78 is 4.97. The number of nitro groups is 1. The third-order valence-corrected chi connectivity index (χ3v) is 5.08. The first-order chi connectivity index (χ1) is 11.5. The van der Waals surface area contributed by atoms with Crippen LogP contribution in [0.2, 0.25) is 0 Å². The lowest BCUT2D eigenvalue weighted by Gasteiger charge is -2.26. The van der Waals surface area contributed by atoms with Crippen molar-refractivity contribution in [2.45, 2.75) is 43.5 Å². The molecule has 1 aliphatic carbocycles. The van der Waals surface area contributed by atoms with Gasteiger partial charge in [0.25, 0.3) is 0 Å². The van der Waals surface area contributed by atoms with Gasteiger partial charge in [0.1, 0.15) is 0 Å². The molecule has 1 saturated carbocycles. The van der Waals surface area contributed by atoms with Crippen LogP contribution in [0, 0.1) is 10.1 Å². The van der Waals surface area contributed by atoms with E-state index >= 15 is 0 Å². The number of nitrogens with zero attached hydrogens (tertiary/aromatic N) is 1. The van der Waals surface area contributed by atoms with Crippen LogP contribution < -0.4 is 15.8 Å². The Morgan fingerprint density at radius 1 is 1.40 bits per heavy atom. The summed E-state index contributed by atoms with van der Waals surface area (Å²) in [5, 5.41) is 14.0. The maximum atomic E-state index is 12.0. The Labute approximate surface area is 157 Å². The lowest BCUT2D eigenvalue weighted by Crippen LogP contribution is -2.41. The minimum absolute atomic E-state index is 0. The Hall–Kier alpha value is -1.51. The second-order valence-corrected chi connectivity index (χ2v) is 6.92. The highest BCUT2D eigenvalue weighted by Gasteiger charge is 2.20. The van der Waals surface area contributed by atoms with Gasteiger partial charge >= 0.3 is 5.69 Å². The molecule has 1 fully saturated rings. The highest BCUT2D eigenvalue weighted by atomic mass is 35.5. The summed E-state index contributed by atoms with van der Waals surface area (Å²) in [7, 11) is 1.40. The third-order valence-electron chi connectivity index (χ3n) is 4.08. The van der Waals surface area contributed by atoms with Gasteiger partial charge in [-0.25, -0.2) is 0 Å². The number of rotatable bonds is 7. The quantitative estimate of drug-likeness (QED) is 0.548. The highest BCUT2D eigenvalue weighted by Crippen LogP contribution is 2.29. The number of carbonyl (C=O) groups is 1. The van der Waals surface area contributed by atoms with Crippen LogP contribution in [0.25, 0.3) is 0 Å². The molecule has 0 aliphatic heterocycles. The number of nitrogens with two attached hydrogens (primary N) is 1. The van der Waals surface area contributed by atoms with E-state index in [4.69, 9.17) is 10.5 Å². The number of nitrogens with one attached hydrogen (secondary N) is 1. The van der Waals surface area contributed by atoms with E-state index < -0.39 is 4.92 Å². The molecule has 25 heavy (non-hydrogen) atoms. The highest BCUT2D eigenvalue weighted by molar-refractivity contribution is 7.99. The number of benzene rings is 1.